The smallest absolute Gasteiger partial charge is 0.163 e. The van der Waals surface area contributed by atoms with Gasteiger partial charge in [-0.25, -0.2) is 19.9 Å². The molecule has 0 unspecified atom stereocenters. The van der Waals surface area contributed by atoms with Crippen LogP contribution < -0.4 is 16.8 Å². The Kier molecular flexibility index (Phi) is 2.90. The summed E-state index contributed by atoms with van der Waals surface area (Å²) in [6.07, 6.45) is 1.69. The molecule has 4 heterocycles. The first kappa shape index (κ1) is 13.2. The molecule has 4 rings (SSSR count). The van der Waals surface area contributed by atoms with E-state index in [2.05, 4.69) is 25.3 Å². The Morgan fingerprint density at radius 2 is 1.43 bits per heavy atom. The van der Waals surface area contributed by atoms with Crippen LogP contribution >= 0.6 is 0 Å². The highest BCUT2D eigenvalue weighted by molar-refractivity contribution is 5.82. The highest BCUT2D eigenvalue weighted by Crippen LogP contribution is 2.21. The minimum Gasteiger partial charge on any atom is -0.384 e. The number of hydrogen-bond acceptors (Lipinski definition) is 7. The van der Waals surface area contributed by atoms with Gasteiger partial charge >= 0.3 is 0 Å². The quantitative estimate of drug-likeness (QED) is 0.521. The molecule has 0 saturated carbocycles. The lowest BCUT2D eigenvalue weighted by atomic mass is 10.2. The topological polar surface area (TPSA) is 116 Å². The first-order valence-electron chi connectivity index (χ1n) is 7.00. The lowest BCUT2D eigenvalue weighted by Crippen LogP contribution is -1.98. The summed E-state index contributed by atoms with van der Waals surface area (Å²) >= 11 is 0. The molecule has 23 heavy (non-hydrogen) atoms. The average Bonchev–Trinajstić information content (AvgIpc) is 2.54. The predicted molar refractivity (Wildman–Crippen MR) is 91.2 cm³/mol. The monoisotopic (exact) mass is 303 g/mol. The number of nitrogens with zero attached hydrogens (tertiary/aromatic N) is 4. The maximum atomic E-state index is 5.70. The molecule has 7 nitrogen and oxygen atoms in total. The van der Waals surface area contributed by atoms with E-state index in [9.17, 15) is 0 Å². The van der Waals surface area contributed by atoms with Crippen molar-refractivity contribution in [2.75, 3.05) is 16.8 Å². The zero-order chi connectivity index (χ0) is 15.8. The number of anilines is 4. The van der Waals surface area contributed by atoms with Gasteiger partial charge in [0.15, 0.2) is 11.3 Å². The number of nitrogens with two attached hydrogens (primary N) is 2. The van der Waals surface area contributed by atoms with Crippen LogP contribution in [-0.4, -0.2) is 19.9 Å². The third kappa shape index (κ3) is 2.55. The Hall–Kier alpha value is -3.48. The van der Waals surface area contributed by atoms with Crippen molar-refractivity contribution in [3.05, 3.63) is 48.7 Å². The Balaban J connectivity index is 1.70. The molecule has 5 N–H and O–H groups in total. The van der Waals surface area contributed by atoms with Crippen LogP contribution in [0.5, 0.6) is 0 Å². The fraction of sp³-hybridized carbons (Fsp3) is 0. The Labute approximate surface area is 131 Å². The van der Waals surface area contributed by atoms with Crippen LogP contribution in [0.3, 0.4) is 0 Å². The van der Waals surface area contributed by atoms with Crippen LogP contribution in [0.25, 0.3) is 22.1 Å². The van der Waals surface area contributed by atoms with Crippen molar-refractivity contribution in [1.82, 2.24) is 19.9 Å². The molecular weight excluding hydrogens is 290 g/mol. The average molecular weight is 303 g/mol. The van der Waals surface area contributed by atoms with Gasteiger partial charge in [-0.15, -0.1) is 0 Å². The van der Waals surface area contributed by atoms with E-state index in [0.717, 1.165) is 16.5 Å². The summed E-state index contributed by atoms with van der Waals surface area (Å²) in [5.74, 6) is 1.56. The normalized spacial score (nSPS) is 11.0. The molecule has 4 aromatic heterocycles. The fourth-order valence-electron chi connectivity index (χ4n) is 2.32. The van der Waals surface area contributed by atoms with E-state index in [4.69, 9.17) is 11.5 Å². The number of hydrogen-bond donors (Lipinski definition) is 3. The summed E-state index contributed by atoms with van der Waals surface area (Å²) in [5.41, 5.74) is 13.4. The molecule has 0 bridgehead atoms. The van der Waals surface area contributed by atoms with E-state index in [1.807, 2.05) is 30.3 Å². The van der Waals surface area contributed by atoms with E-state index in [1.54, 1.807) is 18.3 Å². The van der Waals surface area contributed by atoms with Gasteiger partial charge in [-0.2, -0.15) is 0 Å². The summed E-state index contributed by atoms with van der Waals surface area (Å²) in [5, 5.41) is 5.04. The number of nitrogens with one attached hydrogen (secondary N) is 1. The van der Waals surface area contributed by atoms with Crippen molar-refractivity contribution < 1.29 is 0 Å². The van der Waals surface area contributed by atoms with Crippen LogP contribution in [0.4, 0.5) is 23.1 Å². The predicted octanol–water partition coefficient (Wildman–Crippen LogP) is 2.48. The molecule has 0 atom stereocenters. The first-order chi connectivity index (χ1) is 11.2. The molecule has 7 heteroatoms. The summed E-state index contributed by atoms with van der Waals surface area (Å²) in [7, 11) is 0. The summed E-state index contributed by atoms with van der Waals surface area (Å²) < 4.78 is 0. The molecule has 0 fully saturated rings. The van der Waals surface area contributed by atoms with Crippen molar-refractivity contribution in [1.29, 1.82) is 0 Å². The molecule has 0 aromatic carbocycles. The molecule has 0 amide bonds. The van der Waals surface area contributed by atoms with Crippen LogP contribution in [0.1, 0.15) is 0 Å². The lowest BCUT2D eigenvalue weighted by Gasteiger charge is -2.07. The van der Waals surface area contributed by atoms with Crippen molar-refractivity contribution in [2.24, 2.45) is 0 Å². The minimum atomic E-state index is 0.443. The Morgan fingerprint density at radius 3 is 2.26 bits per heavy atom. The number of nitrogen functional groups attached to an aromatic ring is 2. The van der Waals surface area contributed by atoms with Crippen molar-refractivity contribution in [3.8, 4) is 0 Å². The molecule has 0 saturated heterocycles. The summed E-state index contributed by atoms with van der Waals surface area (Å²) in [6, 6.07) is 13.0. The number of aromatic nitrogens is 4. The van der Waals surface area contributed by atoms with Crippen LogP contribution in [0, 0.1) is 0 Å². The van der Waals surface area contributed by atoms with Gasteiger partial charge in [0.05, 0.1) is 11.9 Å². The van der Waals surface area contributed by atoms with E-state index in [-0.39, 0.29) is 0 Å². The van der Waals surface area contributed by atoms with E-state index >= 15 is 0 Å². The van der Waals surface area contributed by atoms with Crippen LogP contribution in [0.15, 0.2) is 48.7 Å². The fourth-order valence-corrected chi connectivity index (χ4v) is 2.32. The van der Waals surface area contributed by atoms with Crippen LogP contribution in [-0.2, 0) is 0 Å². The Morgan fingerprint density at radius 1 is 0.739 bits per heavy atom. The summed E-state index contributed by atoms with van der Waals surface area (Å²) in [6.45, 7) is 0. The highest BCUT2D eigenvalue weighted by Gasteiger charge is 2.03. The zero-order valence-corrected chi connectivity index (χ0v) is 12.1. The maximum absolute atomic E-state index is 5.70. The molecule has 112 valence electrons. The van der Waals surface area contributed by atoms with Gasteiger partial charge in [0.2, 0.25) is 0 Å². The Bertz CT molecular complexity index is 1030. The molecule has 0 aliphatic rings. The van der Waals surface area contributed by atoms with Crippen molar-refractivity contribution in [3.63, 3.8) is 0 Å². The maximum Gasteiger partial charge on any atom is 0.163 e. The van der Waals surface area contributed by atoms with Gasteiger partial charge in [0.1, 0.15) is 17.5 Å². The second-order valence-electron chi connectivity index (χ2n) is 5.11. The molecule has 4 aromatic rings. The second-order valence-corrected chi connectivity index (χ2v) is 5.11. The molecule has 0 radical (unpaired) electrons. The number of pyridine rings is 4. The standard InChI is InChI=1S/C16H13N7/c17-12-5-2-10-7-11(8-19-15(10)21-12)20-14-6-3-9-1-4-13(18)22-16(9)23-14/h1-8H,(H2,17,19,21)(H3,18,20,22,23). The molecular formula is C16H13N7. The minimum absolute atomic E-state index is 0.443. The van der Waals surface area contributed by atoms with Gasteiger partial charge in [0, 0.05) is 10.8 Å². The van der Waals surface area contributed by atoms with E-state index in [1.165, 1.54) is 0 Å². The first-order valence-corrected chi connectivity index (χ1v) is 7.00. The van der Waals surface area contributed by atoms with Crippen LogP contribution in [0.2, 0.25) is 0 Å². The van der Waals surface area contributed by atoms with E-state index < -0.39 is 0 Å². The van der Waals surface area contributed by atoms with Gasteiger partial charge < -0.3 is 16.8 Å². The highest BCUT2D eigenvalue weighted by atomic mass is 15.0. The third-order valence-corrected chi connectivity index (χ3v) is 3.41. The number of rotatable bonds is 2. The van der Waals surface area contributed by atoms with Crippen molar-refractivity contribution >= 4 is 45.2 Å². The van der Waals surface area contributed by atoms with Gasteiger partial charge in [0.25, 0.3) is 0 Å². The summed E-state index contributed by atoms with van der Waals surface area (Å²) in [4.78, 5) is 17.2. The third-order valence-electron chi connectivity index (χ3n) is 3.41. The SMILES string of the molecule is Nc1ccc2cc(Nc3ccc4ccc(N)nc4n3)cnc2n1. The van der Waals surface area contributed by atoms with Gasteiger partial charge in [-0.05, 0) is 42.5 Å². The van der Waals surface area contributed by atoms with Crippen molar-refractivity contribution in [2.45, 2.75) is 0 Å². The second kappa shape index (κ2) is 5.06. The molecule has 0 spiro atoms. The molecule has 0 aliphatic carbocycles. The zero-order valence-electron chi connectivity index (χ0n) is 12.1. The lowest BCUT2D eigenvalue weighted by molar-refractivity contribution is 1.26. The largest absolute Gasteiger partial charge is 0.384 e. The van der Waals surface area contributed by atoms with E-state index in [0.29, 0.717) is 28.7 Å². The van der Waals surface area contributed by atoms with Gasteiger partial charge in [-0.1, -0.05) is 0 Å². The molecule has 0 aliphatic heterocycles. The number of fused-ring (bicyclic) bond motifs is 2. The van der Waals surface area contributed by atoms with Gasteiger partial charge in [-0.3, -0.25) is 0 Å².